The number of anilines is 1. The van der Waals surface area contributed by atoms with Gasteiger partial charge in [0.25, 0.3) is 0 Å². The smallest absolute Gasteiger partial charge is 0.0862 e. The highest BCUT2D eigenvalue weighted by atomic mass is 32.1. The van der Waals surface area contributed by atoms with Gasteiger partial charge < -0.3 is 10.8 Å². The normalized spacial score (nSPS) is 23.2. The summed E-state index contributed by atoms with van der Waals surface area (Å²) in [6, 6.07) is 2.03. The van der Waals surface area contributed by atoms with Crippen LogP contribution in [0.4, 0.5) is 5.00 Å². The van der Waals surface area contributed by atoms with Gasteiger partial charge >= 0.3 is 0 Å². The topological polar surface area (TPSA) is 46.2 Å². The summed E-state index contributed by atoms with van der Waals surface area (Å²) in [6.07, 6.45) is 2.55. The summed E-state index contributed by atoms with van der Waals surface area (Å²) in [6.45, 7) is 0. The quantitative estimate of drug-likeness (QED) is 0.612. The van der Waals surface area contributed by atoms with Crippen molar-refractivity contribution in [3.8, 4) is 0 Å². The fourth-order valence-electron chi connectivity index (χ4n) is 1.51. The Hall–Kier alpha value is -0.540. The molecule has 3 heteroatoms. The molecule has 2 nitrogen and oxygen atoms in total. The lowest BCUT2D eigenvalue weighted by Gasteiger charge is -2.15. The van der Waals surface area contributed by atoms with E-state index in [4.69, 9.17) is 5.73 Å². The molecule has 1 aliphatic rings. The summed E-state index contributed by atoms with van der Waals surface area (Å²) < 4.78 is 0. The Morgan fingerprint density at radius 1 is 1.64 bits per heavy atom. The summed E-state index contributed by atoms with van der Waals surface area (Å²) in [5.74, 6) is 0. The molecule has 0 saturated carbocycles. The molecule has 3 N–H and O–H groups in total. The van der Waals surface area contributed by atoms with E-state index in [9.17, 15) is 5.11 Å². The zero-order chi connectivity index (χ0) is 7.84. The number of thiophene rings is 1. The van der Waals surface area contributed by atoms with Crippen LogP contribution in [-0.2, 0) is 12.8 Å². The second kappa shape index (κ2) is 2.50. The van der Waals surface area contributed by atoms with Gasteiger partial charge in [0.1, 0.15) is 0 Å². The van der Waals surface area contributed by atoms with E-state index in [1.807, 2.05) is 6.07 Å². The Bertz CT molecular complexity index is 269. The first-order valence-electron chi connectivity index (χ1n) is 3.81. The van der Waals surface area contributed by atoms with Crippen molar-refractivity contribution in [1.82, 2.24) is 0 Å². The van der Waals surface area contributed by atoms with Gasteiger partial charge in [0.2, 0.25) is 0 Å². The van der Waals surface area contributed by atoms with Crippen LogP contribution in [0.15, 0.2) is 6.07 Å². The molecule has 11 heavy (non-hydrogen) atoms. The fourth-order valence-corrected chi connectivity index (χ4v) is 2.57. The monoisotopic (exact) mass is 169 g/mol. The summed E-state index contributed by atoms with van der Waals surface area (Å²) in [5, 5.41) is 10.2. The number of nitrogens with two attached hydrogens (primary N) is 1. The molecule has 60 valence electrons. The van der Waals surface area contributed by atoms with Gasteiger partial charge in [-0.05, 0) is 24.5 Å². The molecule has 0 spiro atoms. The summed E-state index contributed by atoms with van der Waals surface area (Å²) in [4.78, 5) is 1.28. The molecule has 1 unspecified atom stereocenters. The minimum absolute atomic E-state index is 0.138. The highest BCUT2D eigenvalue weighted by Crippen LogP contribution is 2.30. The molecule has 0 aromatic carbocycles. The third-order valence-electron chi connectivity index (χ3n) is 2.08. The lowest BCUT2D eigenvalue weighted by molar-refractivity contribution is 0.160. The number of nitrogen functional groups attached to an aromatic ring is 1. The van der Waals surface area contributed by atoms with Crippen LogP contribution in [0.25, 0.3) is 0 Å². The SMILES string of the molecule is Nc1cc2c(s1)CC(O)CC2. The number of aliphatic hydroxyl groups excluding tert-OH is 1. The largest absolute Gasteiger partial charge is 0.393 e. The molecule has 0 radical (unpaired) electrons. The highest BCUT2D eigenvalue weighted by molar-refractivity contribution is 7.16. The summed E-state index contributed by atoms with van der Waals surface area (Å²) >= 11 is 1.61. The minimum Gasteiger partial charge on any atom is -0.393 e. The molecule has 1 heterocycles. The molecule has 0 saturated heterocycles. The summed E-state index contributed by atoms with van der Waals surface area (Å²) in [5.41, 5.74) is 6.99. The number of aliphatic hydroxyl groups is 1. The van der Waals surface area contributed by atoms with Crippen LogP contribution >= 0.6 is 11.3 Å². The van der Waals surface area contributed by atoms with Crippen LogP contribution in [0.2, 0.25) is 0 Å². The second-order valence-corrected chi connectivity index (χ2v) is 4.16. The van der Waals surface area contributed by atoms with E-state index < -0.39 is 0 Å². The van der Waals surface area contributed by atoms with Crippen molar-refractivity contribution < 1.29 is 5.11 Å². The Morgan fingerprint density at radius 3 is 3.27 bits per heavy atom. The fraction of sp³-hybridized carbons (Fsp3) is 0.500. The molecule has 0 amide bonds. The van der Waals surface area contributed by atoms with E-state index >= 15 is 0 Å². The van der Waals surface area contributed by atoms with Gasteiger partial charge in [0.05, 0.1) is 11.1 Å². The third kappa shape index (κ3) is 1.26. The van der Waals surface area contributed by atoms with Crippen LogP contribution in [0.1, 0.15) is 16.9 Å². The van der Waals surface area contributed by atoms with Gasteiger partial charge in [0.15, 0.2) is 0 Å². The number of rotatable bonds is 0. The van der Waals surface area contributed by atoms with Crippen molar-refractivity contribution in [3.05, 3.63) is 16.5 Å². The van der Waals surface area contributed by atoms with Crippen LogP contribution in [0, 0.1) is 0 Å². The maximum absolute atomic E-state index is 9.33. The van der Waals surface area contributed by atoms with Gasteiger partial charge in [-0.15, -0.1) is 11.3 Å². The predicted molar refractivity (Wildman–Crippen MR) is 46.8 cm³/mol. The van der Waals surface area contributed by atoms with Gasteiger partial charge in [-0.25, -0.2) is 0 Å². The van der Waals surface area contributed by atoms with Crippen LogP contribution < -0.4 is 5.73 Å². The van der Waals surface area contributed by atoms with Crippen LogP contribution in [0.3, 0.4) is 0 Å². The van der Waals surface area contributed by atoms with Crippen molar-refractivity contribution in [3.63, 3.8) is 0 Å². The average Bonchev–Trinajstić information content (AvgIpc) is 2.27. The minimum atomic E-state index is -0.138. The molecule has 0 fully saturated rings. The number of hydrogen-bond acceptors (Lipinski definition) is 3. The molecule has 1 aromatic heterocycles. The van der Waals surface area contributed by atoms with Crippen molar-refractivity contribution in [2.75, 3.05) is 5.73 Å². The maximum atomic E-state index is 9.33. The first-order chi connectivity index (χ1) is 5.25. The van der Waals surface area contributed by atoms with Crippen molar-refractivity contribution >= 4 is 16.3 Å². The van der Waals surface area contributed by atoms with E-state index in [1.54, 1.807) is 11.3 Å². The average molecular weight is 169 g/mol. The number of hydrogen-bond donors (Lipinski definition) is 2. The van der Waals surface area contributed by atoms with Gasteiger partial charge in [-0.3, -0.25) is 0 Å². The molecular weight excluding hydrogens is 158 g/mol. The predicted octanol–water partition coefficient (Wildman–Crippen LogP) is 1.18. The number of aryl methyl sites for hydroxylation is 1. The lowest BCUT2D eigenvalue weighted by atomic mass is 9.97. The van der Waals surface area contributed by atoms with Crippen LogP contribution in [-0.4, -0.2) is 11.2 Å². The zero-order valence-electron chi connectivity index (χ0n) is 6.21. The first kappa shape index (κ1) is 7.13. The molecule has 1 aliphatic carbocycles. The van der Waals surface area contributed by atoms with Gasteiger partial charge in [-0.1, -0.05) is 0 Å². The third-order valence-corrected chi connectivity index (χ3v) is 3.11. The molecule has 1 atom stereocenters. The Kier molecular flexibility index (Phi) is 1.62. The van der Waals surface area contributed by atoms with E-state index in [-0.39, 0.29) is 6.10 Å². The van der Waals surface area contributed by atoms with Gasteiger partial charge in [-0.2, -0.15) is 0 Å². The zero-order valence-corrected chi connectivity index (χ0v) is 7.03. The van der Waals surface area contributed by atoms with E-state index in [0.717, 1.165) is 24.3 Å². The lowest BCUT2D eigenvalue weighted by Crippen LogP contribution is -2.16. The van der Waals surface area contributed by atoms with Crippen molar-refractivity contribution in [2.45, 2.75) is 25.4 Å². The van der Waals surface area contributed by atoms with E-state index in [0.29, 0.717) is 0 Å². The van der Waals surface area contributed by atoms with Crippen molar-refractivity contribution in [2.24, 2.45) is 0 Å². The summed E-state index contributed by atoms with van der Waals surface area (Å²) in [7, 11) is 0. The first-order valence-corrected chi connectivity index (χ1v) is 4.62. The van der Waals surface area contributed by atoms with Gasteiger partial charge in [0, 0.05) is 11.3 Å². The Balaban J connectivity index is 2.34. The molecule has 1 aromatic rings. The molecule has 2 rings (SSSR count). The van der Waals surface area contributed by atoms with Crippen molar-refractivity contribution in [1.29, 1.82) is 0 Å². The molecule has 0 bridgehead atoms. The standard InChI is InChI=1S/C8H11NOS/c9-8-3-5-1-2-6(10)4-7(5)11-8/h3,6,10H,1-2,4,9H2. The Labute approximate surface area is 69.7 Å². The van der Waals surface area contributed by atoms with Crippen LogP contribution in [0.5, 0.6) is 0 Å². The second-order valence-electron chi connectivity index (χ2n) is 2.99. The highest BCUT2D eigenvalue weighted by Gasteiger charge is 2.18. The maximum Gasteiger partial charge on any atom is 0.0862 e. The number of fused-ring (bicyclic) bond motifs is 1. The van der Waals surface area contributed by atoms with E-state index in [1.165, 1.54) is 10.4 Å². The Morgan fingerprint density at radius 2 is 2.45 bits per heavy atom. The molecule has 0 aliphatic heterocycles. The van der Waals surface area contributed by atoms with E-state index in [2.05, 4.69) is 0 Å². The molecular formula is C8H11NOS.